The summed E-state index contributed by atoms with van der Waals surface area (Å²) >= 11 is 0. The van der Waals surface area contributed by atoms with E-state index in [1.807, 2.05) is 6.07 Å². The van der Waals surface area contributed by atoms with Crippen LogP contribution in [0.4, 0.5) is 18.9 Å². The molecular formula is C28H29F3N4O3. The molecule has 0 saturated carbocycles. The van der Waals surface area contributed by atoms with Crippen LogP contribution >= 0.6 is 0 Å². The summed E-state index contributed by atoms with van der Waals surface area (Å²) in [6.07, 6.45) is -2.59. The number of nitrogens with two attached hydrogens (primary N) is 1. The average Bonchev–Trinajstić information content (AvgIpc) is 3.27. The summed E-state index contributed by atoms with van der Waals surface area (Å²) in [5.41, 5.74) is 6.62. The van der Waals surface area contributed by atoms with Gasteiger partial charge in [-0.15, -0.1) is 0 Å². The SMILES string of the molecule is CN(C(=O)[C@@H](CC(=O)Cn1nc(C(F)(F)F)c2c1CCCC2)Cc1cccc(C(N)=O)c1)c1ccccc1. The quantitative estimate of drug-likeness (QED) is 0.448. The first-order valence-electron chi connectivity index (χ1n) is 12.4. The van der Waals surface area contributed by atoms with Crippen LogP contribution in [-0.4, -0.2) is 34.4 Å². The fraction of sp³-hybridized carbons (Fsp3) is 0.357. The molecule has 0 spiro atoms. The highest BCUT2D eigenvalue weighted by Gasteiger charge is 2.39. The van der Waals surface area contributed by atoms with Crippen molar-refractivity contribution in [3.63, 3.8) is 0 Å². The number of hydrogen-bond donors (Lipinski definition) is 1. The Labute approximate surface area is 218 Å². The molecule has 1 aromatic heterocycles. The second kappa shape index (κ2) is 11.2. The molecule has 0 aliphatic heterocycles. The lowest BCUT2D eigenvalue weighted by molar-refractivity contribution is -0.142. The van der Waals surface area contributed by atoms with Crippen molar-refractivity contribution in [1.29, 1.82) is 0 Å². The molecule has 2 N–H and O–H groups in total. The van der Waals surface area contributed by atoms with E-state index in [0.29, 0.717) is 29.8 Å². The van der Waals surface area contributed by atoms with Gasteiger partial charge in [0.15, 0.2) is 11.5 Å². The largest absolute Gasteiger partial charge is 0.435 e. The highest BCUT2D eigenvalue weighted by atomic mass is 19.4. The smallest absolute Gasteiger partial charge is 0.366 e. The van der Waals surface area contributed by atoms with Gasteiger partial charge in [0.2, 0.25) is 11.8 Å². The van der Waals surface area contributed by atoms with E-state index in [9.17, 15) is 27.6 Å². The number of carbonyl (C=O) groups excluding carboxylic acids is 3. The third-order valence-corrected chi connectivity index (χ3v) is 6.84. The van der Waals surface area contributed by atoms with Gasteiger partial charge in [0.25, 0.3) is 0 Å². The molecule has 0 unspecified atom stereocenters. The number of anilines is 1. The first-order chi connectivity index (χ1) is 18.0. The van der Waals surface area contributed by atoms with E-state index in [-0.39, 0.29) is 42.8 Å². The molecule has 200 valence electrons. The molecule has 4 rings (SSSR count). The number of nitrogens with zero attached hydrogens (tertiary/aromatic N) is 3. The Bertz CT molecular complexity index is 1330. The fourth-order valence-corrected chi connectivity index (χ4v) is 4.97. The molecular weight excluding hydrogens is 497 g/mol. The Hall–Kier alpha value is -3.95. The van der Waals surface area contributed by atoms with E-state index in [2.05, 4.69) is 5.10 Å². The van der Waals surface area contributed by atoms with Crippen LogP contribution in [-0.2, 0) is 41.6 Å². The fourth-order valence-electron chi connectivity index (χ4n) is 4.97. The highest BCUT2D eigenvalue weighted by molar-refractivity contribution is 5.97. The molecule has 2 aromatic carbocycles. The van der Waals surface area contributed by atoms with E-state index in [4.69, 9.17) is 5.73 Å². The minimum Gasteiger partial charge on any atom is -0.366 e. The molecule has 1 atom stereocenters. The van der Waals surface area contributed by atoms with Crippen molar-refractivity contribution in [2.75, 3.05) is 11.9 Å². The molecule has 7 nitrogen and oxygen atoms in total. The van der Waals surface area contributed by atoms with Gasteiger partial charge < -0.3 is 10.6 Å². The number of hydrogen-bond acceptors (Lipinski definition) is 4. The molecule has 3 aromatic rings. The normalized spacial score (nSPS) is 14.0. The lowest BCUT2D eigenvalue weighted by atomic mass is 9.91. The van der Waals surface area contributed by atoms with Gasteiger partial charge in [-0.3, -0.25) is 19.1 Å². The van der Waals surface area contributed by atoms with Gasteiger partial charge in [0.05, 0.1) is 6.54 Å². The number of aromatic nitrogens is 2. The number of ketones is 1. The van der Waals surface area contributed by atoms with Crippen molar-refractivity contribution in [2.24, 2.45) is 11.7 Å². The summed E-state index contributed by atoms with van der Waals surface area (Å²) in [5.74, 6) is -2.16. The molecule has 0 radical (unpaired) electrons. The molecule has 2 amide bonds. The Balaban J connectivity index is 1.59. The van der Waals surface area contributed by atoms with Crippen LogP contribution in [0.3, 0.4) is 0 Å². The van der Waals surface area contributed by atoms with Crippen molar-refractivity contribution in [3.8, 4) is 0 Å². The van der Waals surface area contributed by atoms with Gasteiger partial charge >= 0.3 is 6.18 Å². The number of rotatable bonds is 9. The van der Waals surface area contributed by atoms with Crippen LogP contribution < -0.4 is 10.6 Å². The van der Waals surface area contributed by atoms with Crippen LogP contribution in [0.25, 0.3) is 0 Å². The molecule has 0 saturated heterocycles. The number of fused-ring (bicyclic) bond motifs is 1. The van der Waals surface area contributed by atoms with Crippen molar-refractivity contribution in [1.82, 2.24) is 9.78 Å². The van der Waals surface area contributed by atoms with E-state index < -0.39 is 29.5 Å². The number of Topliss-reactive ketones (excluding diaryl/α,β-unsaturated/α-hetero) is 1. The van der Waals surface area contributed by atoms with Gasteiger partial charge in [-0.25, -0.2) is 0 Å². The third kappa shape index (κ3) is 6.12. The second-order valence-corrected chi connectivity index (χ2v) is 9.58. The third-order valence-electron chi connectivity index (χ3n) is 6.84. The van der Waals surface area contributed by atoms with Crippen molar-refractivity contribution in [3.05, 3.63) is 82.7 Å². The minimum absolute atomic E-state index is 0.147. The Kier molecular flexibility index (Phi) is 7.99. The lowest BCUT2D eigenvalue weighted by Gasteiger charge is -2.24. The van der Waals surface area contributed by atoms with Crippen molar-refractivity contribution < 1.29 is 27.6 Å². The molecule has 10 heteroatoms. The van der Waals surface area contributed by atoms with Crippen molar-refractivity contribution in [2.45, 2.75) is 51.2 Å². The summed E-state index contributed by atoms with van der Waals surface area (Å²) in [7, 11) is 1.61. The predicted octanol–water partition coefficient (Wildman–Crippen LogP) is 4.36. The maximum Gasteiger partial charge on any atom is 0.435 e. The van der Waals surface area contributed by atoms with Gasteiger partial charge in [-0.1, -0.05) is 30.3 Å². The maximum atomic E-state index is 13.6. The monoisotopic (exact) mass is 526 g/mol. The number of para-hydroxylation sites is 1. The molecule has 1 aliphatic rings. The first kappa shape index (κ1) is 27.1. The number of carbonyl (C=O) groups is 3. The molecule has 1 heterocycles. The predicted molar refractivity (Wildman–Crippen MR) is 136 cm³/mol. The molecule has 38 heavy (non-hydrogen) atoms. The molecule has 1 aliphatic carbocycles. The summed E-state index contributed by atoms with van der Waals surface area (Å²) < 4.78 is 41.9. The van der Waals surface area contributed by atoms with Crippen LogP contribution in [0.5, 0.6) is 0 Å². The van der Waals surface area contributed by atoms with E-state index in [1.54, 1.807) is 55.6 Å². The second-order valence-electron chi connectivity index (χ2n) is 9.58. The summed E-state index contributed by atoms with van der Waals surface area (Å²) in [6, 6.07) is 15.4. The Morgan fingerprint density at radius 2 is 1.76 bits per heavy atom. The van der Waals surface area contributed by atoms with E-state index >= 15 is 0 Å². The number of halogens is 3. The minimum atomic E-state index is -4.60. The van der Waals surface area contributed by atoms with Crippen LogP contribution in [0.15, 0.2) is 54.6 Å². The van der Waals surface area contributed by atoms with Gasteiger partial charge in [-0.2, -0.15) is 18.3 Å². The van der Waals surface area contributed by atoms with E-state index in [1.165, 1.54) is 4.90 Å². The Morgan fingerprint density at radius 1 is 1.05 bits per heavy atom. The van der Waals surface area contributed by atoms with Crippen LogP contribution in [0.1, 0.15) is 52.1 Å². The standard InChI is InChI=1S/C28H29F3N4O3/c1-34(21-10-3-2-4-11-21)27(38)20(15-18-8-7-9-19(14-18)26(32)37)16-22(36)17-35-24-13-6-5-12-23(24)25(33-35)28(29,30)31/h2-4,7-11,14,20H,5-6,12-13,15-17H2,1H3,(H2,32,37)/t20-/m1/s1. The number of primary amides is 1. The number of amides is 2. The molecule has 0 bridgehead atoms. The van der Waals surface area contributed by atoms with Crippen LogP contribution in [0, 0.1) is 5.92 Å². The lowest BCUT2D eigenvalue weighted by Crippen LogP contribution is -2.35. The molecule has 0 fully saturated rings. The Morgan fingerprint density at radius 3 is 2.45 bits per heavy atom. The summed E-state index contributed by atoms with van der Waals surface area (Å²) in [6.45, 7) is -0.349. The summed E-state index contributed by atoms with van der Waals surface area (Å²) in [5, 5.41) is 3.78. The van der Waals surface area contributed by atoms with Crippen molar-refractivity contribution >= 4 is 23.3 Å². The average molecular weight is 527 g/mol. The highest BCUT2D eigenvalue weighted by Crippen LogP contribution is 2.36. The maximum absolute atomic E-state index is 13.6. The van der Waals surface area contributed by atoms with E-state index in [0.717, 1.165) is 11.1 Å². The van der Waals surface area contributed by atoms with Gasteiger partial charge in [0.1, 0.15) is 0 Å². The first-order valence-corrected chi connectivity index (χ1v) is 12.4. The zero-order valence-corrected chi connectivity index (χ0v) is 21.0. The van der Waals surface area contributed by atoms with Crippen LogP contribution in [0.2, 0.25) is 0 Å². The number of alkyl halides is 3. The van der Waals surface area contributed by atoms with Gasteiger partial charge in [0, 0.05) is 41.9 Å². The van der Waals surface area contributed by atoms with Gasteiger partial charge in [-0.05, 0) is 61.9 Å². The zero-order valence-electron chi connectivity index (χ0n) is 21.0. The summed E-state index contributed by atoms with van der Waals surface area (Å²) in [4.78, 5) is 39.8. The number of benzene rings is 2. The topological polar surface area (TPSA) is 98.3 Å². The zero-order chi connectivity index (χ0) is 27.4.